The highest BCUT2D eigenvalue weighted by molar-refractivity contribution is 5.92. The third kappa shape index (κ3) is 4.75. The number of nitrogens with zero attached hydrogens (tertiary/aromatic N) is 2. The Bertz CT molecular complexity index is 1030. The highest BCUT2D eigenvalue weighted by Crippen LogP contribution is 2.39. The Morgan fingerprint density at radius 2 is 1.64 bits per heavy atom. The summed E-state index contributed by atoms with van der Waals surface area (Å²) in [6.07, 6.45) is 6.89. The molecule has 5 rings (SSSR count). The zero-order valence-electron chi connectivity index (χ0n) is 18.8. The van der Waals surface area contributed by atoms with Gasteiger partial charge in [0.2, 0.25) is 11.8 Å². The molecule has 172 valence electrons. The third-order valence-electron chi connectivity index (χ3n) is 6.86. The summed E-state index contributed by atoms with van der Waals surface area (Å²) < 4.78 is 11.4. The first-order chi connectivity index (χ1) is 16.2. The molecule has 0 N–H and O–H groups in total. The number of fused-ring (bicyclic) bond motifs is 1. The Morgan fingerprint density at radius 1 is 0.879 bits per heavy atom. The number of hydrogen-bond acceptors (Lipinski definition) is 4. The molecule has 0 aromatic heterocycles. The van der Waals surface area contributed by atoms with Gasteiger partial charge in [-0.05, 0) is 55.0 Å². The smallest absolute Gasteiger partial charge is 0.246 e. The summed E-state index contributed by atoms with van der Waals surface area (Å²) in [4.78, 5) is 29.9. The number of benzene rings is 2. The normalized spacial score (nSPS) is 20.9. The monoisotopic (exact) mass is 446 g/mol. The van der Waals surface area contributed by atoms with E-state index in [1.807, 2.05) is 58.3 Å². The van der Waals surface area contributed by atoms with E-state index in [0.29, 0.717) is 39.1 Å². The highest BCUT2D eigenvalue weighted by Gasteiger charge is 2.36. The van der Waals surface area contributed by atoms with Gasteiger partial charge in [-0.1, -0.05) is 36.4 Å². The summed E-state index contributed by atoms with van der Waals surface area (Å²) in [5, 5.41) is 0. The zero-order chi connectivity index (χ0) is 22.6. The first kappa shape index (κ1) is 21.6. The van der Waals surface area contributed by atoms with Crippen molar-refractivity contribution in [3.8, 4) is 11.5 Å². The van der Waals surface area contributed by atoms with Gasteiger partial charge in [0.15, 0.2) is 11.5 Å². The number of likely N-dealkylation sites (tertiary alicyclic amines) is 2. The van der Waals surface area contributed by atoms with Crippen molar-refractivity contribution in [2.75, 3.05) is 32.8 Å². The minimum atomic E-state index is -0.0232. The van der Waals surface area contributed by atoms with Gasteiger partial charge in [0, 0.05) is 31.6 Å². The molecular weight excluding hydrogens is 416 g/mol. The zero-order valence-corrected chi connectivity index (χ0v) is 18.8. The van der Waals surface area contributed by atoms with Crippen LogP contribution in [0.4, 0.5) is 0 Å². The number of piperidine rings is 1. The quantitative estimate of drug-likeness (QED) is 0.665. The molecule has 2 saturated heterocycles. The molecule has 6 heteroatoms. The lowest BCUT2D eigenvalue weighted by Gasteiger charge is -2.35. The number of carbonyl (C=O) groups excluding carboxylic acids is 2. The van der Waals surface area contributed by atoms with Gasteiger partial charge in [-0.15, -0.1) is 0 Å². The van der Waals surface area contributed by atoms with E-state index in [0.717, 1.165) is 42.0 Å². The molecule has 3 aliphatic heterocycles. The van der Waals surface area contributed by atoms with Crippen LogP contribution < -0.4 is 9.47 Å². The fraction of sp³-hybridized carbons (Fsp3) is 0.407. The second kappa shape index (κ2) is 9.69. The average molecular weight is 447 g/mol. The molecule has 3 aliphatic rings. The van der Waals surface area contributed by atoms with Gasteiger partial charge in [0.1, 0.15) is 13.2 Å². The number of ether oxygens (including phenoxy) is 2. The number of amides is 2. The van der Waals surface area contributed by atoms with Gasteiger partial charge in [-0.3, -0.25) is 9.59 Å². The van der Waals surface area contributed by atoms with Crippen molar-refractivity contribution in [3.05, 3.63) is 65.7 Å². The minimum Gasteiger partial charge on any atom is -0.486 e. The van der Waals surface area contributed by atoms with E-state index in [4.69, 9.17) is 9.47 Å². The summed E-state index contributed by atoms with van der Waals surface area (Å²) in [5.41, 5.74) is 2.12. The molecular formula is C27H30N2O4. The van der Waals surface area contributed by atoms with E-state index < -0.39 is 0 Å². The SMILES string of the molecule is O=C(/C=C/c1ccccc1)N1CCC(C(=O)N2CCCC2c2ccc3c(c2)OCCO3)CC1. The standard InChI is InChI=1S/C27H30N2O4/c30-26(11-8-20-5-2-1-3-6-20)28-15-12-21(13-16-28)27(31)29-14-4-7-23(29)22-9-10-24-25(19-22)33-18-17-32-24/h1-3,5-6,8-11,19,21,23H,4,7,12-18H2/b11-8+. The van der Waals surface area contributed by atoms with E-state index in [2.05, 4.69) is 6.07 Å². The van der Waals surface area contributed by atoms with Crippen molar-refractivity contribution < 1.29 is 19.1 Å². The second-order valence-electron chi connectivity index (χ2n) is 8.94. The highest BCUT2D eigenvalue weighted by atomic mass is 16.6. The van der Waals surface area contributed by atoms with Crippen LogP contribution in [-0.4, -0.2) is 54.5 Å². The van der Waals surface area contributed by atoms with Gasteiger partial charge < -0.3 is 19.3 Å². The van der Waals surface area contributed by atoms with Crippen LogP contribution in [-0.2, 0) is 9.59 Å². The number of carbonyl (C=O) groups is 2. The molecule has 0 spiro atoms. The first-order valence-electron chi connectivity index (χ1n) is 11.9. The van der Waals surface area contributed by atoms with Crippen LogP contribution in [0, 0.1) is 5.92 Å². The summed E-state index contributed by atoms with van der Waals surface area (Å²) >= 11 is 0. The van der Waals surface area contributed by atoms with E-state index in [1.54, 1.807) is 6.08 Å². The molecule has 33 heavy (non-hydrogen) atoms. The van der Waals surface area contributed by atoms with Gasteiger partial charge in [-0.2, -0.15) is 0 Å². The molecule has 0 bridgehead atoms. The predicted octanol–water partition coefficient (Wildman–Crippen LogP) is 4.07. The molecule has 0 saturated carbocycles. The lowest BCUT2D eigenvalue weighted by molar-refractivity contribution is -0.140. The fourth-order valence-electron chi connectivity index (χ4n) is 5.06. The molecule has 2 amide bonds. The number of hydrogen-bond donors (Lipinski definition) is 0. The van der Waals surface area contributed by atoms with Gasteiger partial charge in [0.05, 0.1) is 6.04 Å². The molecule has 2 aromatic rings. The molecule has 1 unspecified atom stereocenters. The Kier molecular flexibility index (Phi) is 6.33. The summed E-state index contributed by atoms with van der Waals surface area (Å²) in [7, 11) is 0. The maximum atomic E-state index is 13.4. The summed E-state index contributed by atoms with van der Waals surface area (Å²) in [6, 6.07) is 16.0. The molecule has 2 aromatic carbocycles. The number of rotatable bonds is 4. The Morgan fingerprint density at radius 3 is 2.42 bits per heavy atom. The van der Waals surface area contributed by atoms with Crippen LogP contribution in [0.25, 0.3) is 6.08 Å². The van der Waals surface area contributed by atoms with Crippen molar-refractivity contribution >= 4 is 17.9 Å². The molecule has 0 aliphatic carbocycles. The van der Waals surface area contributed by atoms with E-state index >= 15 is 0 Å². The lowest BCUT2D eigenvalue weighted by atomic mass is 9.94. The molecule has 3 heterocycles. The van der Waals surface area contributed by atoms with Crippen LogP contribution in [0.15, 0.2) is 54.6 Å². The van der Waals surface area contributed by atoms with Gasteiger partial charge >= 0.3 is 0 Å². The van der Waals surface area contributed by atoms with Crippen molar-refractivity contribution in [3.63, 3.8) is 0 Å². The van der Waals surface area contributed by atoms with Gasteiger partial charge in [0.25, 0.3) is 0 Å². The van der Waals surface area contributed by atoms with Crippen LogP contribution in [0.2, 0.25) is 0 Å². The molecule has 0 radical (unpaired) electrons. The fourth-order valence-corrected chi connectivity index (χ4v) is 5.06. The second-order valence-corrected chi connectivity index (χ2v) is 8.94. The molecule has 6 nitrogen and oxygen atoms in total. The third-order valence-corrected chi connectivity index (χ3v) is 6.86. The van der Waals surface area contributed by atoms with E-state index in [1.165, 1.54) is 0 Å². The first-order valence-corrected chi connectivity index (χ1v) is 11.9. The average Bonchev–Trinajstić information content (AvgIpc) is 3.37. The Labute approximate surface area is 194 Å². The Balaban J connectivity index is 1.19. The van der Waals surface area contributed by atoms with Crippen molar-refractivity contribution in [1.29, 1.82) is 0 Å². The lowest BCUT2D eigenvalue weighted by Crippen LogP contribution is -2.43. The maximum Gasteiger partial charge on any atom is 0.246 e. The van der Waals surface area contributed by atoms with E-state index in [9.17, 15) is 9.59 Å². The predicted molar refractivity (Wildman–Crippen MR) is 126 cm³/mol. The molecule has 2 fully saturated rings. The minimum absolute atomic E-state index is 0.0140. The van der Waals surface area contributed by atoms with Crippen molar-refractivity contribution in [2.45, 2.75) is 31.7 Å². The summed E-state index contributed by atoms with van der Waals surface area (Å²) in [5.74, 6) is 1.76. The van der Waals surface area contributed by atoms with Crippen LogP contribution >= 0.6 is 0 Å². The maximum absolute atomic E-state index is 13.4. The Hall–Kier alpha value is -3.28. The summed E-state index contributed by atoms with van der Waals surface area (Å²) in [6.45, 7) is 3.16. The topological polar surface area (TPSA) is 59.1 Å². The van der Waals surface area contributed by atoms with Crippen LogP contribution in [0.3, 0.4) is 0 Å². The van der Waals surface area contributed by atoms with Crippen molar-refractivity contribution in [1.82, 2.24) is 9.80 Å². The molecule has 1 atom stereocenters. The van der Waals surface area contributed by atoms with Crippen molar-refractivity contribution in [2.24, 2.45) is 5.92 Å². The largest absolute Gasteiger partial charge is 0.486 e. The van der Waals surface area contributed by atoms with E-state index in [-0.39, 0.29) is 23.8 Å². The van der Waals surface area contributed by atoms with Gasteiger partial charge in [-0.25, -0.2) is 0 Å². The van der Waals surface area contributed by atoms with Crippen LogP contribution in [0.1, 0.15) is 42.9 Å². The van der Waals surface area contributed by atoms with Crippen LogP contribution in [0.5, 0.6) is 11.5 Å².